The SMILES string of the molecule is N#CC(C#N)=C1C(c2ccc(OC(F)(F)F)cc2)=C(C#N)c2c(F)c3c(c(F)c21)C(=C(C#N)C#N)C(c1ccc(OC(F)(F)F)cc1)=C3C#N. The molecule has 0 aromatic heterocycles. The van der Waals surface area contributed by atoms with Crippen LogP contribution in [-0.4, -0.2) is 12.7 Å². The van der Waals surface area contributed by atoms with Crippen LogP contribution in [0.4, 0.5) is 35.1 Å². The summed E-state index contributed by atoms with van der Waals surface area (Å²) in [5.41, 5.74) is -9.22. The molecule has 0 saturated heterocycles. The molecule has 2 aliphatic rings. The van der Waals surface area contributed by atoms with Gasteiger partial charge < -0.3 is 9.47 Å². The van der Waals surface area contributed by atoms with E-state index in [-0.39, 0.29) is 11.1 Å². The summed E-state index contributed by atoms with van der Waals surface area (Å²) in [6, 6.07) is 16.4. The molecule has 16 heteroatoms. The second kappa shape index (κ2) is 12.3. The van der Waals surface area contributed by atoms with Gasteiger partial charge in [0.15, 0.2) is 0 Å². The Morgan fingerprint density at radius 2 is 0.780 bits per heavy atom. The average molecular weight is 684 g/mol. The minimum Gasteiger partial charge on any atom is -0.406 e. The number of hydrogen-bond acceptors (Lipinski definition) is 8. The van der Waals surface area contributed by atoms with Crippen LogP contribution in [0.1, 0.15) is 33.4 Å². The van der Waals surface area contributed by atoms with Crippen molar-refractivity contribution in [1.29, 1.82) is 31.6 Å². The van der Waals surface area contributed by atoms with Crippen molar-refractivity contribution in [1.82, 2.24) is 0 Å². The van der Waals surface area contributed by atoms with E-state index in [0.717, 1.165) is 48.5 Å². The van der Waals surface area contributed by atoms with Crippen molar-refractivity contribution in [3.63, 3.8) is 0 Å². The highest BCUT2D eigenvalue weighted by Gasteiger charge is 2.44. The zero-order chi connectivity index (χ0) is 36.7. The monoisotopic (exact) mass is 684 g/mol. The maximum Gasteiger partial charge on any atom is 0.573 e. The number of allylic oxidation sites excluding steroid dienone is 8. The van der Waals surface area contributed by atoms with Crippen LogP contribution in [0.3, 0.4) is 0 Å². The Kier molecular flexibility index (Phi) is 8.37. The third kappa shape index (κ3) is 5.60. The van der Waals surface area contributed by atoms with Crippen molar-refractivity contribution < 1.29 is 44.6 Å². The molecule has 0 radical (unpaired) electrons. The maximum atomic E-state index is 17.1. The minimum absolute atomic E-state index is 0.187. The first-order valence-electron chi connectivity index (χ1n) is 13.3. The van der Waals surface area contributed by atoms with Crippen LogP contribution in [0.2, 0.25) is 0 Å². The van der Waals surface area contributed by atoms with Gasteiger partial charge in [-0.2, -0.15) is 31.6 Å². The second-order valence-corrected chi connectivity index (χ2v) is 9.94. The number of halogens is 8. The van der Waals surface area contributed by atoms with Crippen LogP contribution >= 0.6 is 0 Å². The number of nitriles is 6. The van der Waals surface area contributed by atoms with E-state index in [0.29, 0.717) is 0 Å². The number of ether oxygens (including phenoxy) is 2. The Hall–Kier alpha value is -7.40. The zero-order valence-electron chi connectivity index (χ0n) is 24.1. The van der Waals surface area contributed by atoms with Crippen LogP contribution in [0.5, 0.6) is 11.5 Å². The maximum absolute atomic E-state index is 17.1. The van der Waals surface area contributed by atoms with E-state index in [2.05, 4.69) is 9.47 Å². The summed E-state index contributed by atoms with van der Waals surface area (Å²) in [6.07, 6.45) is -10.2. The van der Waals surface area contributed by atoms with Crippen molar-refractivity contribution in [2.75, 3.05) is 0 Å². The number of nitrogens with zero attached hydrogens (tertiary/aromatic N) is 6. The third-order valence-corrected chi connectivity index (χ3v) is 7.30. The number of hydrogen-bond donors (Lipinski definition) is 0. The van der Waals surface area contributed by atoms with Gasteiger partial charge in [-0.05, 0) is 35.4 Å². The predicted octanol–water partition coefficient (Wildman–Crippen LogP) is 8.26. The first-order chi connectivity index (χ1) is 23.6. The summed E-state index contributed by atoms with van der Waals surface area (Å²) >= 11 is 0. The van der Waals surface area contributed by atoms with Gasteiger partial charge in [0.2, 0.25) is 0 Å². The Balaban J connectivity index is 1.88. The Bertz CT molecular complexity index is 2210. The van der Waals surface area contributed by atoms with E-state index in [1.165, 1.54) is 24.3 Å². The zero-order valence-corrected chi connectivity index (χ0v) is 24.1. The minimum atomic E-state index is -5.09. The molecule has 0 heterocycles. The Labute approximate surface area is 275 Å². The molecular weight excluding hydrogens is 676 g/mol. The molecule has 242 valence electrons. The molecule has 0 bridgehead atoms. The van der Waals surface area contributed by atoms with E-state index < -0.39 is 103 Å². The van der Waals surface area contributed by atoms with Gasteiger partial charge in [0.05, 0.1) is 11.1 Å². The summed E-state index contributed by atoms with van der Waals surface area (Å²) in [4.78, 5) is 0. The quantitative estimate of drug-likeness (QED) is 0.196. The fraction of sp³-hybridized carbons (Fsp3) is 0.0588. The van der Waals surface area contributed by atoms with Gasteiger partial charge in [-0.3, -0.25) is 0 Å². The molecule has 0 atom stereocenters. The van der Waals surface area contributed by atoms with Gasteiger partial charge in [-0.15, -0.1) is 26.3 Å². The highest BCUT2D eigenvalue weighted by atomic mass is 19.4. The molecule has 50 heavy (non-hydrogen) atoms. The van der Waals surface area contributed by atoms with E-state index in [1.807, 2.05) is 0 Å². The lowest BCUT2D eigenvalue weighted by atomic mass is 9.88. The summed E-state index contributed by atoms with van der Waals surface area (Å²) in [5, 5.41) is 59.7. The van der Waals surface area contributed by atoms with Crippen LogP contribution in [0.15, 0.2) is 59.7 Å². The van der Waals surface area contributed by atoms with Crippen molar-refractivity contribution in [2.45, 2.75) is 12.7 Å². The first kappa shape index (κ1) is 33.9. The van der Waals surface area contributed by atoms with Gasteiger partial charge in [-0.25, -0.2) is 8.78 Å². The highest BCUT2D eigenvalue weighted by Crippen LogP contribution is 2.57. The lowest BCUT2D eigenvalue weighted by molar-refractivity contribution is -0.275. The number of benzene rings is 3. The van der Waals surface area contributed by atoms with Crippen LogP contribution < -0.4 is 9.47 Å². The highest BCUT2D eigenvalue weighted by molar-refractivity contribution is 6.30. The van der Waals surface area contributed by atoms with E-state index in [4.69, 9.17) is 0 Å². The molecular formula is C34H8F8N6O2. The molecule has 0 unspecified atom stereocenters. The third-order valence-electron chi connectivity index (χ3n) is 7.30. The Morgan fingerprint density at radius 3 is 1.04 bits per heavy atom. The topological polar surface area (TPSA) is 161 Å². The van der Waals surface area contributed by atoms with E-state index in [1.54, 1.807) is 12.1 Å². The molecule has 0 amide bonds. The molecule has 5 rings (SSSR count). The number of fused-ring (bicyclic) bond motifs is 2. The van der Waals surface area contributed by atoms with Gasteiger partial charge in [-0.1, -0.05) is 24.3 Å². The van der Waals surface area contributed by atoms with Crippen LogP contribution in [0, 0.1) is 79.6 Å². The van der Waals surface area contributed by atoms with Crippen LogP contribution in [0.25, 0.3) is 33.4 Å². The van der Waals surface area contributed by atoms with Crippen LogP contribution in [-0.2, 0) is 0 Å². The van der Waals surface area contributed by atoms with Crippen molar-refractivity contribution in [2.24, 2.45) is 0 Å². The molecule has 0 saturated carbocycles. The molecule has 0 fully saturated rings. The fourth-order valence-corrected chi connectivity index (χ4v) is 5.60. The average Bonchev–Trinajstić information content (AvgIpc) is 3.59. The van der Waals surface area contributed by atoms with Gasteiger partial charge in [0.25, 0.3) is 0 Å². The van der Waals surface area contributed by atoms with Crippen molar-refractivity contribution >= 4 is 33.4 Å². The molecule has 0 aliphatic heterocycles. The lowest BCUT2D eigenvalue weighted by Gasteiger charge is -2.15. The Morgan fingerprint density at radius 1 is 0.480 bits per heavy atom. The summed E-state index contributed by atoms with van der Waals surface area (Å²) in [7, 11) is 0. The van der Waals surface area contributed by atoms with Gasteiger partial charge in [0.1, 0.15) is 70.7 Å². The van der Waals surface area contributed by atoms with Crippen molar-refractivity contribution in [3.05, 3.63) is 105 Å². The molecule has 3 aromatic carbocycles. The number of rotatable bonds is 4. The lowest BCUT2D eigenvalue weighted by Crippen LogP contribution is -2.17. The molecule has 0 N–H and O–H groups in total. The second-order valence-electron chi connectivity index (χ2n) is 9.94. The predicted molar refractivity (Wildman–Crippen MR) is 154 cm³/mol. The van der Waals surface area contributed by atoms with Gasteiger partial charge in [0, 0.05) is 44.5 Å². The fourth-order valence-electron chi connectivity index (χ4n) is 5.60. The molecule has 8 nitrogen and oxygen atoms in total. The largest absolute Gasteiger partial charge is 0.573 e. The molecule has 2 aliphatic carbocycles. The van der Waals surface area contributed by atoms with E-state index >= 15 is 8.78 Å². The standard InChI is InChI=1S/C34H8F8N6O2/c35-31-27-21(13-47)23(15-1-5-19(6-2-15)49-33(37,38)39)25(17(9-43)10-44)29(27)32(36)30-26(18(11-45)12-46)24(22(14-48)28(30)31)16-3-7-20(8-4-16)50-34(40,41)42/h1-8H. The number of alkyl halides is 6. The van der Waals surface area contributed by atoms with Crippen molar-refractivity contribution in [3.8, 4) is 47.9 Å². The van der Waals surface area contributed by atoms with E-state index in [9.17, 15) is 57.9 Å². The molecule has 3 aromatic rings. The summed E-state index contributed by atoms with van der Waals surface area (Å²) in [6.45, 7) is 0. The van der Waals surface area contributed by atoms with Gasteiger partial charge >= 0.3 is 12.7 Å². The normalized spacial score (nSPS) is 13.2. The molecule has 0 spiro atoms. The summed E-state index contributed by atoms with van der Waals surface area (Å²) in [5.74, 6) is -4.43. The smallest absolute Gasteiger partial charge is 0.406 e. The summed E-state index contributed by atoms with van der Waals surface area (Å²) < 4.78 is 118. The first-order valence-corrected chi connectivity index (χ1v) is 13.3.